The van der Waals surface area contributed by atoms with Crippen LogP contribution in [0.4, 0.5) is 0 Å². The number of hydrogen-bond acceptors (Lipinski definition) is 14. The Morgan fingerprint density at radius 2 is 1.24 bits per heavy atom. The quantitative estimate of drug-likeness (QED) is 0.0265. The summed E-state index contributed by atoms with van der Waals surface area (Å²) in [5.41, 5.74) is 2.34. The molecule has 2 aliphatic rings. The van der Waals surface area contributed by atoms with Gasteiger partial charge < -0.3 is 46.4 Å². The summed E-state index contributed by atoms with van der Waals surface area (Å²) in [5, 5.41) is 56.7. The average molecular weight is 881 g/mol. The molecule has 0 saturated heterocycles. The number of aliphatic carboxylic acids is 4. The molecule has 0 saturated carbocycles. The number of carbonyl (C=O) groups is 9. The molecule has 1 aromatic carbocycles. The molecule has 3 atom stereocenters. The molecule has 2 heterocycles. The second kappa shape index (κ2) is 27.8. The summed E-state index contributed by atoms with van der Waals surface area (Å²) in [6, 6.07) is 5.80. The number of nitrogens with zero attached hydrogens (tertiary/aromatic N) is 3. The molecule has 5 amide bonds. The van der Waals surface area contributed by atoms with E-state index in [1.165, 1.54) is 4.90 Å². The lowest BCUT2D eigenvalue weighted by molar-refractivity contribution is -0.143. The number of hydroxylamine groups is 1. The van der Waals surface area contributed by atoms with Crippen molar-refractivity contribution in [2.45, 2.75) is 52.0 Å². The fourth-order valence-corrected chi connectivity index (χ4v) is 6.68. The van der Waals surface area contributed by atoms with Crippen LogP contribution in [0.25, 0.3) is 0 Å². The highest BCUT2D eigenvalue weighted by atomic mass is 16.5. The second-order valence-corrected chi connectivity index (χ2v) is 15.3. The Morgan fingerprint density at radius 3 is 1.74 bits per heavy atom. The van der Waals surface area contributed by atoms with E-state index in [9.17, 15) is 48.4 Å². The van der Waals surface area contributed by atoms with Crippen LogP contribution in [0.2, 0.25) is 0 Å². The van der Waals surface area contributed by atoms with Crippen LogP contribution in [0.1, 0.15) is 45.1 Å². The molecular formula is C39H60N8O15. The molecule has 0 radical (unpaired) electrons. The molecule has 0 aliphatic carbocycles. The zero-order chi connectivity index (χ0) is 46.2. The fraction of sp³-hybridized carbons (Fsp3) is 0.615. The van der Waals surface area contributed by atoms with Crippen LogP contribution >= 0.6 is 0 Å². The number of ether oxygens (including phenoxy) is 1. The number of carbonyl (C=O) groups excluding carboxylic acids is 5. The van der Waals surface area contributed by atoms with E-state index in [1.54, 1.807) is 29.7 Å². The minimum atomic E-state index is -1.28. The molecule has 2 aliphatic heterocycles. The van der Waals surface area contributed by atoms with Crippen LogP contribution in [0.5, 0.6) is 5.75 Å². The van der Waals surface area contributed by atoms with Crippen molar-refractivity contribution in [2.24, 2.45) is 17.8 Å². The summed E-state index contributed by atoms with van der Waals surface area (Å²) in [4.78, 5) is 114. The Hall–Kier alpha value is -5.91. The Balaban J connectivity index is 2.00. The van der Waals surface area contributed by atoms with E-state index >= 15 is 0 Å². The van der Waals surface area contributed by atoms with Crippen LogP contribution in [0, 0.1) is 17.8 Å². The van der Waals surface area contributed by atoms with Gasteiger partial charge in [-0.05, 0) is 49.3 Å². The minimum absolute atomic E-state index is 0.0129. The number of rotatable bonds is 26. The van der Waals surface area contributed by atoms with Gasteiger partial charge in [0.05, 0.1) is 51.8 Å². The molecule has 0 aromatic heterocycles. The summed E-state index contributed by atoms with van der Waals surface area (Å²) in [7, 11) is 0. The largest absolute Gasteiger partial charge is 0.494 e. The van der Waals surface area contributed by atoms with E-state index in [4.69, 9.17) is 25.2 Å². The highest BCUT2D eigenvalue weighted by Gasteiger charge is 2.36. The standard InChI is InChI=1S/C39H60N8O15/c1-25(2)17-29-28(38(59)44-61)5-3-16-62-27-8-6-26(7-9-27)18-30(43-37(29)58)39(60)42-19-31(48)40-10-4-11-41-32(49)20-45(12-14-46(21-33(50)51)22-34(52)53)13-15-47(23-35(54)55)24-36(56)57/h6-9,25,28-30,61H,3-5,10-24H2,1-2H3,(H,40,48)(H,41,49)(H,42,60)(H,43,58)(H,44,59)(H,50,51)(H,52,53)(H,54,55)(H,56,57)/t28-,29+,30-/m0/s1. The van der Waals surface area contributed by atoms with Gasteiger partial charge in [-0.3, -0.25) is 63.1 Å². The molecule has 3 rings (SSSR count). The van der Waals surface area contributed by atoms with Crippen molar-refractivity contribution < 1.29 is 73.5 Å². The number of benzene rings is 1. The summed E-state index contributed by atoms with van der Waals surface area (Å²) in [6.45, 7) is 0.849. The fourth-order valence-electron chi connectivity index (χ4n) is 6.68. The first-order valence-electron chi connectivity index (χ1n) is 20.2. The summed E-state index contributed by atoms with van der Waals surface area (Å²) in [5.74, 6) is -9.37. The van der Waals surface area contributed by atoms with Crippen molar-refractivity contribution in [3.63, 3.8) is 0 Å². The number of amides is 5. The smallest absolute Gasteiger partial charge is 0.317 e. The SMILES string of the molecule is CC(C)C[C@H]1C(=O)N[C@H](C(=O)NCC(=O)NCCCNC(=O)CN(CCN(CC(=O)O)CC(=O)O)CCN(CC(=O)O)CC(=O)O)Cc2ccc(cc2)OCCC[C@@H]1C(=O)NO. The highest BCUT2D eigenvalue weighted by Crippen LogP contribution is 2.27. The first kappa shape index (κ1) is 52.2. The molecule has 2 bridgehead atoms. The van der Waals surface area contributed by atoms with Crippen LogP contribution in [0.3, 0.4) is 0 Å². The van der Waals surface area contributed by atoms with Gasteiger partial charge in [-0.1, -0.05) is 26.0 Å². The van der Waals surface area contributed by atoms with E-state index in [0.29, 0.717) is 17.7 Å². The van der Waals surface area contributed by atoms with Gasteiger partial charge in [0, 0.05) is 51.6 Å². The molecule has 10 N–H and O–H groups in total. The number of hydrogen-bond donors (Lipinski definition) is 10. The Bertz CT molecular complexity index is 1610. The summed E-state index contributed by atoms with van der Waals surface area (Å²) in [6.07, 6.45) is 1.23. The van der Waals surface area contributed by atoms with Crippen LogP contribution in [-0.2, 0) is 49.6 Å². The predicted molar refractivity (Wildman–Crippen MR) is 217 cm³/mol. The Morgan fingerprint density at radius 1 is 0.726 bits per heavy atom. The molecule has 0 spiro atoms. The maximum Gasteiger partial charge on any atom is 0.317 e. The first-order valence-corrected chi connectivity index (χ1v) is 20.2. The molecule has 23 nitrogen and oxygen atoms in total. The van der Waals surface area contributed by atoms with Crippen molar-refractivity contribution in [1.82, 2.24) is 41.4 Å². The molecular weight excluding hydrogens is 820 g/mol. The third-order valence-corrected chi connectivity index (χ3v) is 9.61. The lowest BCUT2D eigenvalue weighted by atomic mass is 9.81. The van der Waals surface area contributed by atoms with Crippen molar-refractivity contribution in [2.75, 3.05) is 85.1 Å². The number of nitrogens with one attached hydrogen (secondary N) is 5. The number of fused-ring (bicyclic) bond motifs is 11. The normalized spacial score (nSPS) is 16.8. The highest BCUT2D eigenvalue weighted by molar-refractivity contribution is 5.93. The van der Waals surface area contributed by atoms with E-state index in [2.05, 4.69) is 21.3 Å². The van der Waals surface area contributed by atoms with E-state index < -0.39 is 104 Å². The van der Waals surface area contributed by atoms with E-state index in [1.807, 2.05) is 13.8 Å². The van der Waals surface area contributed by atoms with Crippen LogP contribution in [0.15, 0.2) is 24.3 Å². The monoisotopic (exact) mass is 880 g/mol. The number of carboxylic acids is 4. The van der Waals surface area contributed by atoms with Crippen molar-refractivity contribution in [3.8, 4) is 5.75 Å². The molecule has 346 valence electrons. The van der Waals surface area contributed by atoms with Gasteiger partial charge in [0.1, 0.15) is 11.8 Å². The van der Waals surface area contributed by atoms with Crippen LogP contribution < -0.4 is 31.5 Å². The van der Waals surface area contributed by atoms with Crippen molar-refractivity contribution in [3.05, 3.63) is 29.8 Å². The van der Waals surface area contributed by atoms with Gasteiger partial charge in [0.2, 0.25) is 29.5 Å². The molecule has 1 aromatic rings. The summed E-state index contributed by atoms with van der Waals surface area (Å²) >= 11 is 0. The Kier molecular flexibility index (Phi) is 23.5. The van der Waals surface area contributed by atoms with E-state index in [-0.39, 0.29) is 84.0 Å². The molecule has 0 fully saturated rings. The molecule has 62 heavy (non-hydrogen) atoms. The van der Waals surface area contributed by atoms with Gasteiger partial charge in [0.15, 0.2) is 0 Å². The molecule has 0 unspecified atom stereocenters. The average Bonchev–Trinajstić information content (AvgIpc) is 3.18. The lowest BCUT2D eigenvalue weighted by Gasteiger charge is -2.28. The maximum absolute atomic E-state index is 13.7. The van der Waals surface area contributed by atoms with Crippen molar-refractivity contribution >= 4 is 53.4 Å². The zero-order valence-corrected chi connectivity index (χ0v) is 35.0. The zero-order valence-electron chi connectivity index (χ0n) is 35.0. The van der Waals surface area contributed by atoms with E-state index in [0.717, 1.165) is 9.80 Å². The van der Waals surface area contributed by atoms with Gasteiger partial charge in [0.25, 0.3) is 0 Å². The Labute approximate surface area is 358 Å². The van der Waals surface area contributed by atoms with Gasteiger partial charge in [-0.25, -0.2) is 5.48 Å². The topological polar surface area (TPSA) is 334 Å². The third-order valence-electron chi connectivity index (χ3n) is 9.61. The first-order chi connectivity index (χ1) is 29.4. The number of carboxylic acid groups (broad SMARTS) is 4. The summed E-state index contributed by atoms with van der Waals surface area (Å²) < 4.78 is 5.79. The molecule has 23 heteroatoms. The second-order valence-electron chi connectivity index (χ2n) is 15.3. The lowest BCUT2D eigenvalue weighted by Crippen LogP contribution is -2.53. The predicted octanol–water partition coefficient (Wildman–Crippen LogP) is -2.35. The minimum Gasteiger partial charge on any atom is -0.494 e. The van der Waals surface area contributed by atoms with Gasteiger partial charge in [-0.15, -0.1) is 0 Å². The third kappa shape index (κ3) is 21.6. The van der Waals surface area contributed by atoms with Crippen LogP contribution in [-0.4, -0.2) is 185 Å². The van der Waals surface area contributed by atoms with Gasteiger partial charge >= 0.3 is 23.9 Å². The van der Waals surface area contributed by atoms with Crippen molar-refractivity contribution in [1.29, 1.82) is 0 Å². The van der Waals surface area contributed by atoms with Gasteiger partial charge in [-0.2, -0.15) is 0 Å². The maximum atomic E-state index is 13.7.